The zero-order chi connectivity index (χ0) is 33.5. The molecule has 4 aliphatic carbocycles. The van der Waals surface area contributed by atoms with Gasteiger partial charge in [-0.1, -0.05) is 165 Å². The van der Waals surface area contributed by atoms with Crippen molar-refractivity contribution in [3.05, 3.63) is 83.3 Å². The van der Waals surface area contributed by atoms with Crippen LogP contribution in [0.5, 0.6) is 0 Å². The maximum Gasteiger partial charge on any atom is 0.0152 e. The van der Waals surface area contributed by atoms with Gasteiger partial charge in [0.1, 0.15) is 0 Å². The monoisotopic (exact) mass is 596 g/mol. The number of hydrogen-bond donors (Lipinski definition) is 1. The van der Waals surface area contributed by atoms with Gasteiger partial charge in [0.2, 0.25) is 0 Å². The highest BCUT2D eigenvalue weighted by Crippen LogP contribution is 2.36. The van der Waals surface area contributed by atoms with E-state index >= 15 is 0 Å². The summed E-state index contributed by atoms with van der Waals surface area (Å²) < 4.78 is 0. The molecule has 0 aromatic rings. The molecule has 0 aliphatic heterocycles. The van der Waals surface area contributed by atoms with Crippen LogP contribution in [0, 0.1) is 17.8 Å². The highest BCUT2D eigenvalue weighted by Gasteiger charge is 2.24. The summed E-state index contributed by atoms with van der Waals surface area (Å²) in [4.78, 5) is 0. The molecule has 1 heteroatoms. The number of hydrogen-bond acceptors (Lipinski definition) is 1. The van der Waals surface area contributed by atoms with Crippen molar-refractivity contribution in [3.63, 3.8) is 0 Å². The average molecular weight is 596 g/mol. The molecule has 3 atom stereocenters. The van der Waals surface area contributed by atoms with Crippen molar-refractivity contribution >= 4 is 0 Å². The Morgan fingerprint density at radius 3 is 1.88 bits per heavy atom. The van der Waals surface area contributed by atoms with Gasteiger partial charge in [-0.15, -0.1) is 0 Å². The lowest BCUT2D eigenvalue weighted by molar-refractivity contribution is 0.352. The minimum absolute atomic E-state index is 0.690. The third-order valence-corrected chi connectivity index (χ3v) is 7.20. The van der Waals surface area contributed by atoms with Crippen LogP contribution >= 0.6 is 0 Å². The van der Waals surface area contributed by atoms with Crippen LogP contribution < -0.4 is 5.32 Å². The van der Waals surface area contributed by atoms with Gasteiger partial charge >= 0.3 is 0 Å². The highest BCUT2D eigenvalue weighted by atomic mass is 14.9. The summed E-state index contributed by atoms with van der Waals surface area (Å²) in [6.45, 7) is 31.1. The Morgan fingerprint density at radius 2 is 1.47 bits per heavy atom. The van der Waals surface area contributed by atoms with Crippen molar-refractivity contribution in [2.75, 3.05) is 0 Å². The molecule has 1 saturated carbocycles. The second-order valence-corrected chi connectivity index (χ2v) is 10.6. The van der Waals surface area contributed by atoms with Crippen LogP contribution in [0.15, 0.2) is 83.3 Å². The van der Waals surface area contributed by atoms with Crippen molar-refractivity contribution in [1.29, 1.82) is 0 Å². The Bertz CT molecular complexity index is 824. The smallest absolute Gasteiger partial charge is 0.0152 e. The van der Waals surface area contributed by atoms with Gasteiger partial charge in [-0.3, -0.25) is 0 Å². The second kappa shape index (κ2) is 32.9. The molecular formula is C42H77N. The highest BCUT2D eigenvalue weighted by molar-refractivity contribution is 5.43. The maximum atomic E-state index is 3.97. The molecule has 0 bridgehead atoms. The second-order valence-electron chi connectivity index (χ2n) is 10.6. The minimum atomic E-state index is 0.690. The van der Waals surface area contributed by atoms with E-state index in [1.165, 1.54) is 80.3 Å². The molecule has 250 valence electrons. The third-order valence-electron chi connectivity index (χ3n) is 7.20. The summed E-state index contributed by atoms with van der Waals surface area (Å²) in [7, 11) is 0. The van der Waals surface area contributed by atoms with Gasteiger partial charge < -0.3 is 5.32 Å². The first-order valence-corrected chi connectivity index (χ1v) is 18.6. The van der Waals surface area contributed by atoms with Crippen LogP contribution in [-0.2, 0) is 0 Å². The third kappa shape index (κ3) is 21.3. The first-order chi connectivity index (χ1) is 21.1. The summed E-state index contributed by atoms with van der Waals surface area (Å²) in [5.41, 5.74) is 7.06. The molecule has 1 N–H and O–H groups in total. The maximum absolute atomic E-state index is 3.97. The lowest BCUT2D eigenvalue weighted by Gasteiger charge is -2.31. The summed E-state index contributed by atoms with van der Waals surface area (Å²) in [6.07, 6.45) is 33.8. The molecule has 4 aliphatic rings. The lowest BCUT2D eigenvalue weighted by atomic mass is 9.76. The van der Waals surface area contributed by atoms with E-state index in [-0.39, 0.29) is 0 Å². The summed E-state index contributed by atoms with van der Waals surface area (Å²) in [6, 6.07) is 0. The van der Waals surface area contributed by atoms with Crippen LogP contribution in [0.4, 0.5) is 0 Å². The molecule has 0 amide bonds. The standard InChI is InChI=1S/C28H39N.C3H6.C3H8.4C2H6/c1-5-9-22(7-3)23-12-16-27(17-13-23)29-28-18-14-24(15-19-28)26-11-8-10-25(20-26)21(4)6-2;1-2-3-1;1-3-2;4*1-2/h7-10,12,16,18,20-21,24,26,29H,3,5-6,11,13-15,17,19H2,1-2,4H3;1-3H2;3H2,1-2H3;4*1-2H3/b22-9+;;;;;;. The Labute approximate surface area is 272 Å². The molecule has 0 heterocycles. The number of nitrogens with one attached hydrogen (secondary N) is 1. The van der Waals surface area contributed by atoms with Crippen LogP contribution in [0.25, 0.3) is 0 Å². The fourth-order valence-corrected chi connectivity index (χ4v) is 4.74. The van der Waals surface area contributed by atoms with E-state index in [1.807, 2.05) is 61.5 Å². The van der Waals surface area contributed by atoms with Crippen LogP contribution in [0.3, 0.4) is 0 Å². The van der Waals surface area contributed by atoms with Crippen LogP contribution in [0.2, 0.25) is 0 Å². The molecule has 4 rings (SSSR count). The molecule has 0 aromatic heterocycles. The van der Waals surface area contributed by atoms with Gasteiger partial charge in [-0.25, -0.2) is 0 Å². The van der Waals surface area contributed by atoms with Crippen molar-refractivity contribution in [3.8, 4) is 0 Å². The van der Waals surface area contributed by atoms with Gasteiger partial charge in [0.15, 0.2) is 0 Å². The van der Waals surface area contributed by atoms with E-state index in [0.717, 1.165) is 31.1 Å². The van der Waals surface area contributed by atoms with Crippen molar-refractivity contribution in [1.82, 2.24) is 5.32 Å². The first-order valence-electron chi connectivity index (χ1n) is 18.6. The molecule has 1 nitrogen and oxygen atoms in total. The summed E-state index contributed by atoms with van der Waals surface area (Å²) in [5, 5.41) is 3.73. The summed E-state index contributed by atoms with van der Waals surface area (Å²) >= 11 is 0. The van der Waals surface area contributed by atoms with E-state index < -0.39 is 0 Å². The largest absolute Gasteiger partial charge is 0.363 e. The Hall–Kier alpha value is -2.02. The number of allylic oxidation sites excluding steroid dienone is 13. The summed E-state index contributed by atoms with van der Waals surface area (Å²) in [5.74, 6) is 2.21. The zero-order valence-corrected chi connectivity index (χ0v) is 31.5. The van der Waals surface area contributed by atoms with Gasteiger partial charge in [0.25, 0.3) is 0 Å². The van der Waals surface area contributed by atoms with Crippen LogP contribution in [0.1, 0.15) is 167 Å². The molecule has 1 fully saturated rings. The van der Waals surface area contributed by atoms with E-state index in [0.29, 0.717) is 5.92 Å². The average Bonchev–Trinajstić information content (AvgIpc) is 3.98. The predicted octanol–water partition coefficient (Wildman–Crippen LogP) is 14.6. The van der Waals surface area contributed by atoms with Gasteiger partial charge in [0, 0.05) is 11.4 Å². The van der Waals surface area contributed by atoms with E-state index in [9.17, 15) is 0 Å². The molecular weight excluding hydrogens is 518 g/mol. The van der Waals surface area contributed by atoms with E-state index in [1.54, 1.807) is 5.57 Å². The minimum Gasteiger partial charge on any atom is -0.363 e. The predicted molar refractivity (Wildman–Crippen MR) is 203 cm³/mol. The topological polar surface area (TPSA) is 12.0 Å². The van der Waals surface area contributed by atoms with Crippen molar-refractivity contribution in [2.24, 2.45) is 17.8 Å². The van der Waals surface area contributed by atoms with Crippen LogP contribution in [-0.4, -0.2) is 0 Å². The quantitative estimate of drug-likeness (QED) is 0.275. The molecule has 43 heavy (non-hydrogen) atoms. The van der Waals surface area contributed by atoms with Crippen molar-refractivity contribution < 1.29 is 0 Å². The van der Waals surface area contributed by atoms with Gasteiger partial charge in [-0.05, 0) is 91.9 Å². The molecule has 0 spiro atoms. The lowest BCUT2D eigenvalue weighted by Crippen LogP contribution is -2.22. The Morgan fingerprint density at radius 1 is 0.860 bits per heavy atom. The fraction of sp³-hybridized carbons (Fsp3) is 0.667. The molecule has 0 radical (unpaired) electrons. The Kier molecular flexibility index (Phi) is 34.7. The number of rotatable bonds is 8. The molecule has 3 unspecified atom stereocenters. The SMILES string of the molecule is C1CC1.C=C/C(=C\CC)C1=CC=C(NC2=CCC(C3C=C(C(C)CC)C=CC3)CC2)CC1.CC.CC.CC.CC.CCC. The van der Waals surface area contributed by atoms with E-state index in [4.69, 9.17) is 0 Å². The van der Waals surface area contributed by atoms with E-state index in [2.05, 4.69) is 89.0 Å². The first kappa shape index (κ1) is 45.4. The van der Waals surface area contributed by atoms with Gasteiger partial charge in [-0.2, -0.15) is 0 Å². The molecule has 0 saturated heterocycles. The van der Waals surface area contributed by atoms with Crippen molar-refractivity contribution in [2.45, 2.75) is 167 Å². The zero-order valence-electron chi connectivity index (χ0n) is 31.5. The Balaban J connectivity index is -0.000000975. The van der Waals surface area contributed by atoms with Gasteiger partial charge in [0.05, 0.1) is 0 Å². The molecule has 0 aromatic carbocycles. The normalized spacial score (nSPS) is 20.3. The fourth-order valence-electron chi connectivity index (χ4n) is 4.74.